The van der Waals surface area contributed by atoms with Gasteiger partial charge in [0.25, 0.3) is 0 Å². The average Bonchev–Trinajstić information content (AvgIpc) is 3.30. The monoisotopic (exact) mass is 434 g/mol. The normalized spacial score (nSPS) is 15.2. The molecule has 28 heavy (non-hydrogen) atoms. The highest BCUT2D eigenvalue weighted by atomic mass is 79.9. The van der Waals surface area contributed by atoms with Crippen LogP contribution >= 0.6 is 15.9 Å². The number of hydrogen-bond acceptors (Lipinski definition) is 3. The highest BCUT2D eigenvalue weighted by Crippen LogP contribution is 2.34. The maximum atomic E-state index is 6.21. The fourth-order valence-electron chi connectivity index (χ4n) is 3.74. The van der Waals surface area contributed by atoms with E-state index in [-0.39, 0.29) is 6.04 Å². The van der Waals surface area contributed by atoms with Crippen LogP contribution in [0.2, 0.25) is 0 Å². The highest BCUT2D eigenvalue weighted by Gasteiger charge is 2.21. The number of aromatic nitrogens is 3. The van der Waals surface area contributed by atoms with E-state index < -0.39 is 0 Å². The van der Waals surface area contributed by atoms with Gasteiger partial charge in [-0.3, -0.25) is 4.57 Å². The lowest BCUT2D eigenvalue weighted by molar-refractivity contribution is 0.713. The number of rotatable bonds is 2. The number of imidazole rings is 1. The van der Waals surface area contributed by atoms with E-state index in [1.165, 1.54) is 11.1 Å². The number of fused-ring (bicyclic) bond motifs is 2. The Balaban J connectivity index is 0.000000932. The largest absolute Gasteiger partial charge is 0.324 e. The van der Waals surface area contributed by atoms with Gasteiger partial charge in [0, 0.05) is 17.3 Å². The number of aryl methyl sites for hydroxylation is 1. The van der Waals surface area contributed by atoms with E-state index in [1.54, 1.807) is 0 Å². The van der Waals surface area contributed by atoms with Crippen molar-refractivity contribution in [2.45, 2.75) is 32.7 Å². The fraction of sp³-hybridized carbons (Fsp3) is 0.217. The van der Waals surface area contributed by atoms with E-state index in [1.807, 2.05) is 44.2 Å². The lowest BCUT2D eigenvalue weighted by Gasteiger charge is -2.12. The molecule has 0 aliphatic heterocycles. The number of nitrogens with zero attached hydrogens (tertiary/aromatic N) is 3. The first-order valence-corrected chi connectivity index (χ1v) is 10.5. The van der Waals surface area contributed by atoms with Crippen molar-refractivity contribution in [3.05, 3.63) is 76.4 Å². The zero-order valence-electron chi connectivity index (χ0n) is 16.1. The van der Waals surface area contributed by atoms with Gasteiger partial charge >= 0.3 is 0 Å². The number of hydrogen-bond donors (Lipinski definition) is 1. The molecule has 4 aromatic rings. The van der Waals surface area contributed by atoms with Crippen molar-refractivity contribution >= 4 is 27.1 Å². The predicted molar refractivity (Wildman–Crippen MR) is 119 cm³/mol. The Labute approximate surface area is 173 Å². The van der Waals surface area contributed by atoms with Crippen molar-refractivity contribution in [3.63, 3.8) is 0 Å². The van der Waals surface area contributed by atoms with Gasteiger partial charge in [-0.05, 0) is 64.2 Å². The minimum absolute atomic E-state index is 0.152. The highest BCUT2D eigenvalue weighted by molar-refractivity contribution is 9.10. The van der Waals surface area contributed by atoms with Gasteiger partial charge < -0.3 is 5.73 Å². The second kappa shape index (κ2) is 7.86. The molecule has 0 saturated carbocycles. The van der Waals surface area contributed by atoms with Gasteiger partial charge in [-0.2, -0.15) is 0 Å². The summed E-state index contributed by atoms with van der Waals surface area (Å²) in [6, 6.07) is 20.8. The molecular formula is C23H23BrN4. The van der Waals surface area contributed by atoms with E-state index in [0.29, 0.717) is 0 Å². The van der Waals surface area contributed by atoms with Crippen LogP contribution in [0.1, 0.15) is 37.4 Å². The minimum atomic E-state index is 0.152. The van der Waals surface area contributed by atoms with E-state index in [4.69, 9.17) is 15.7 Å². The molecule has 1 unspecified atom stereocenters. The molecule has 5 rings (SSSR count). The number of halogens is 1. The molecule has 2 aromatic carbocycles. The molecule has 0 radical (unpaired) electrons. The molecule has 0 bridgehead atoms. The van der Waals surface area contributed by atoms with Crippen LogP contribution in [0.25, 0.3) is 28.2 Å². The van der Waals surface area contributed by atoms with Gasteiger partial charge in [0.1, 0.15) is 15.9 Å². The van der Waals surface area contributed by atoms with Crippen LogP contribution in [-0.4, -0.2) is 14.5 Å². The maximum absolute atomic E-state index is 6.21. The SMILES string of the molecule is CC.NC1CCc2cc(-n3c(-c4ccccc4)nc4ccc(Br)nc43)ccc21. The second-order valence-electron chi connectivity index (χ2n) is 6.64. The van der Waals surface area contributed by atoms with Gasteiger partial charge in [0.05, 0.1) is 0 Å². The first-order valence-electron chi connectivity index (χ1n) is 9.70. The topological polar surface area (TPSA) is 56.7 Å². The summed E-state index contributed by atoms with van der Waals surface area (Å²) in [5.41, 5.74) is 12.7. The fourth-order valence-corrected chi connectivity index (χ4v) is 4.04. The maximum Gasteiger partial charge on any atom is 0.166 e. The molecule has 5 heteroatoms. The molecule has 1 aliphatic rings. The number of nitrogens with two attached hydrogens (primary N) is 1. The average molecular weight is 435 g/mol. The summed E-state index contributed by atoms with van der Waals surface area (Å²) in [4.78, 5) is 9.56. The van der Waals surface area contributed by atoms with Crippen molar-refractivity contribution in [1.82, 2.24) is 14.5 Å². The lowest BCUT2D eigenvalue weighted by atomic mass is 10.1. The Morgan fingerprint density at radius 1 is 1.00 bits per heavy atom. The molecule has 142 valence electrons. The summed E-state index contributed by atoms with van der Waals surface area (Å²) in [6.07, 6.45) is 2.04. The number of pyridine rings is 1. The van der Waals surface area contributed by atoms with Crippen molar-refractivity contribution in [2.75, 3.05) is 0 Å². The van der Waals surface area contributed by atoms with Gasteiger partial charge in [-0.25, -0.2) is 9.97 Å². The van der Waals surface area contributed by atoms with Gasteiger partial charge in [-0.15, -0.1) is 0 Å². The zero-order chi connectivity index (χ0) is 19.7. The molecular weight excluding hydrogens is 412 g/mol. The summed E-state index contributed by atoms with van der Waals surface area (Å²) in [7, 11) is 0. The van der Waals surface area contributed by atoms with E-state index in [0.717, 1.165) is 45.7 Å². The zero-order valence-corrected chi connectivity index (χ0v) is 17.6. The third kappa shape index (κ3) is 3.25. The molecule has 1 atom stereocenters. The first kappa shape index (κ1) is 18.8. The Kier molecular flexibility index (Phi) is 5.29. The summed E-state index contributed by atoms with van der Waals surface area (Å²) in [5, 5.41) is 0. The quantitative estimate of drug-likeness (QED) is 0.404. The molecule has 1 aliphatic carbocycles. The molecule has 0 amide bonds. The van der Waals surface area contributed by atoms with Crippen molar-refractivity contribution in [1.29, 1.82) is 0 Å². The summed E-state index contributed by atoms with van der Waals surface area (Å²) >= 11 is 3.49. The summed E-state index contributed by atoms with van der Waals surface area (Å²) in [6.45, 7) is 4.00. The second-order valence-corrected chi connectivity index (χ2v) is 7.45. The molecule has 0 spiro atoms. The van der Waals surface area contributed by atoms with Gasteiger partial charge in [-0.1, -0.05) is 50.2 Å². The van der Waals surface area contributed by atoms with Crippen LogP contribution in [0.4, 0.5) is 0 Å². The Bertz CT molecular complexity index is 1120. The standard InChI is InChI=1S/C21H17BrN4.C2H6/c22-19-11-10-18-21(25-19)26(20(24-18)13-4-2-1-3-5-13)15-7-8-16-14(12-15)6-9-17(16)23;1-2/h1-5,7-8,10-12,17H,6,9,23H2;1-2H3. The Hall–Kier alpha value is -2.50. The van der Waals surface area contributed by atoms with Gasteiger partial charge in [0.2, 0.25) is 0 Å². The van der Waals surface area contributed by atoms with Crippen LogP contribution < -0.4 is 5.73 Å². The number of benzene rings is 2. The van der Waals surface area contributed by atoms with Crippen LogP contribution in [0.15, 0.2) is 65.3 Å². The molecule has 4 nitrogen and oxygen atoms in total. The molecule has 2 aromatic heterocycles. The first-order chi connectivity index (χ1) is 13.7. The third-order valence-corrected chi connectivity index (χ3v) is 5.45. The molecule has 2 heterocycles. The van der Waals surface area contributed by atoms with Crippen LogP contribution in [0, 0.1) is 0 Å². The molecule has 2 N–H and O–H groups in total. The van der Waals surface area contributed by atoms with Crippen molar-refractivity contribution < 1.29 is 0 Å². The van der Waals surface area contributed by atoms with E-state index in [2.05, 4.69) is 50.8 Å². The molecule has 0 fully saturated rings. The van der Waals surface area contributed by atoms with Crippen molar-refractivity contribution in [2.24, 2.45) is 5.73 Å². The van der Waals surface area contributed by atoms with Crippen LogP contribution in [0.5, 0.6) is 0 Å². The lowest BCUT2D eigenvalue weighted by Crippen LogP contribution is -2.05. The Morgan fingerprint density at radius 3 is 2.57 bits per heavy atom. The van der Waals surface area contributed by atoms with Crippen LogP contribution in [-0.2, 0) is 6.42 Å². The summed E-state index contributed by atoms with van der Waals surface area (Å²) < 4.78 is 2.94. The van der Waals surface area contributed by atoms with Gasteiger partial charge in [0.15, 0.2) is 5.65 Å². The van der Waals surface area contributed by atoms with Crippen molar-refractivity contribution in [3.8, 4) is 17.1 Å². The predicted octanol–water partition coefficient (Wildman–Crippen LogP) is 5.82. The molecule has 0 saturated heterocycles. The Morgan fingerprint density at radius 2 is 1.79 bits per heavy atom. The van der Waals surface area contributed by atoms with E-state index in [9.17, 15) is 0 Å². The third-order valence-electron chi connectivity index (χ3n) is 5.01. The smallest absolute Gasteiger partial charge is 0.166 e. The van der Waals surface area contributed by atoms with Crippen LogP contribution in [0.3, 0.4) is 0 Å². The summed E-state index contributed by atoms with van der Waals surface area (Å²) in [5.74, 6) is 0.897. The minimum Gasteiger partial charge on any atom is -0.324 e. The van der Waals surface area contributed by atoms with E-state index >= 15 is 0 Å².